The molecule has 1 aromatic heterocycles. The first kappa shape index (κ1) is 15.8. The lowest BCUT2D eigenvalue weighted by Gasteiger charge is -2.18. The van der Waals surface area contributed by atoms with Gasteiger partial charge in [-0.2, -0.15) is 4.98 Å². The maximum Gasteiger partial charge on any atom is 0.224 e. The predicted octanol–water partition coefficient (Wildman–Crippen LogP) is 4.68. The van der Waals surface area contributed by atoms with Crippen LogP contribution < -0.4 is 10.1 Å². The van der Waals surface area contributed by atoms with E-state index >= 15 is 0 Å². The molecule has 0 unspecified atom stereocenters. The van der Waals surface area contributed by atoms with Crippen LogP contribution in [0.4, 0.5) is 5.82 Å². The predicted molar refractivity (Wildman–Crippen MR) is 89.2 cm³/mol. The van der Waals surface area contributed by atoms with Crippen LogP contribution in [0.25, 0.3) is 0 Å². The molecule has 0 saturated heterocycles. The van der Waals surface area contributed by atoms with E-state index in [4.69, 9.17) is 4.74 Å². The second-order valence-corrected chi connectivity index (χ2v) is 6.81. The van der Waals surface area contributed by atoms with Gasteiger partial charge in [0.05, 0.1) is 4.47 Å². The van der Waals surface area contributed by atoms with Gasteiger partial charge in [0.1, 0.15) is 17.4 Å². The fourth-order valence-corrected chi connectivity index (χ4v) is 2.32. The van der Waals surface area contributed by atoms with Gasteiger partial charge in [-0.05, 0) is 40.5 Å². The third-order valence-electron chi connectivity index (χ3n) is 2.93. The van der Waals surface area contributed by atoms with Gasteiger partial charge in [-0.15, -0.1) is 0 Å². The van der Waals surface area contributed by atoms with E-state index < -0.39 is 0 Å². The van der Waals surface area contributed by atoms with Crippen molar-refractivity contribution in [3.63, 3.8) is 0 Å². The summed E-state index contributed by atoms with van der Waals surface area (Å²) in [6, 6.07) is 7.74. The molecule has 0 bridgehead atoms. The fourth-order valence-electron chi connectivity index (χ4n) is 1.74. The number of rotatable bonds is 3. The van der Waals surface area contributed by atoms with Crippen molar-refractivity contribution in [3.8, 4) is 11.6 Å². The van der Waals surface area contributed by atoms with Crippen molar-refractivity contribution in [3.05, 3.63) is 40.1 Å². The highest BCUT2D eigenvalue weighted by Crippen LogP contribution is 2.31. The van der Waals surface area contributed by atoms with Crippen LogP contribution >= 0.6 is 15.9 Å². The highest BCUT2D eigenvalue weighted by atomic mass is 79.9. The molecule has 0 saturated carbocycles. The summed E-state index contributed by atoms with van der Waals surface area (Å²) < 4.78 is 6.81. The highest BCUT2D eigenvalue weighted by molar-refractivity contribution is 9.10. The Bertz CT molecular complexity index is 650. The molecule has 21 heavy (non-hydrogen) atoms. The molecule has 1 aromatic carbocycles. The van der Waals surface area contributed by atoms with Crippen LogP contribution in [0, 0.1) is 6.92 Å². The number of anilines is 1. The van der Waals surface area contributed by atoms with Crippen LogP contribution in [0.2, 0.25) is 0 Å². The number of hydrogen-bond donors (Lipinski definition) is 1. The van der Waals surface area contributed by atoms with Crippen LogP contribution in [0.3, 0.4) is 0 Å². The maximum atomic E-state index is 5.90. The average molecular weight is 350 g/mol. The first-order valence-corrected chi connectivity index (χ1v) is 7.60. The normalized spacial score (nSPS) is 11.3. The van der Waals surface area contributed by atoms with Gasteiger partial charge in [0, 0.05) is 18.5 Å². The van der Waals surface area contributed by atoms with E-state index in [0.717, 1.165) is 21.9 Å². The zero-order chi connectivity index (χ0) is 15.6. The molecule has 2 aromatic rings. The molecule has 1 heterocycles. The third kappa shape index (κ3) is 3.94. The van der Waals surface area contributed by atoms with Crippen LogP contribution in [0.15, 0.2) is 28.7 Å². The molecular weight excluding hydrogens is 330 g/mol. The van der Waals surface area contributed by atoms with Gasteiger partial charge < -0.3 is 10.1 Å². The van der Waals surface area contributed by atoms with E-state index in [0.29, 0.717) is 5.88 Å². The smallest absolute Gasteiger partial charge is 0.224 e. The Kier molecular flexibility index (Phi) is 4.52. The summed E-state index contributed by atoms with van der Waals surface area (Å²) in [5.74, 6) is 2.76. The van der Waals surface area contributed by atoms with Gasteiger partial charge in [-0.25, -0.2) is 4.98 Å². The van der Waals surface area contributed by atoms with Gasteiger partial charge in [0.25, 0.3) is 0 Å². The van der Waals surface area contributed by atoms with Crippen molar-refractivity contribution >= 4 is 21.7 Å². The molecule has 4 nitrogen and oxygen atoms in total. The van der Waals surface area contributed by atoms with Crippen molar-refractivity contribution in [1.82, 2.24) is 9.97 Å². The summed E-state index contributed by atoms with van der Waals surface area (Å²) in [4.78, 5) is 9.00. The topological polar surface area (TPSA) is 47.0 Å². The molecule has 2 rings (SSSR count). The van der Waals surface area contributed by atoms with E-state index in [-0.39, 0.29) is 5.41 Å². The number of hydrogen-bond acceptors (Lipinski definition) is 4. The quantitative estimate of drug-likeness (QED) is 0.873. The lowest BCUT2D eigenvalue weighted by atomic mass is 9.96. The zero-order valence-electron chi connectivity index (χ0n) is 13.0. The summed E-state index contributed by atoms with van der Waals surface area (Å²) >= 11 is 3.51. The molecule has 0 radical (unpaired) electrons. The standard InChI is InChI=1S/C16H20BrN3O/c1-10-6-7-12(11(17)8-10)21-14-9-13(18-5)19-15(20-14)16(2,3)4/h6-9H,1-5H3,(H,18,19,20). The molecule has 0 aliphatic heterocycles. The first-order chi connectivity index (χ1) is 9.79. The Hall–Kier alpha value is -1.62. The monoisotopic (exact) mass is 349 g/mol. The number of ether oxygens (including phenoxy) is 1. The fraction of sp³-hybridized carbons (Fsp3) is 0.375. The largest absolute Gasteiger partial charge is 0.438 e. The van der Waals surface area contributed by atoms with E-state index in [1.165, 1.54) is 5.56 Å². The summed E-state index contributed by atoms with van der Waals surface area (Å²) in [7, 11) is 1.83. The maximum absolute atomic E-state index is 5.90. The molecule has 1 N–H and O–H groups in total. The number of nitrogens with zero attached hydrogens (tertiary/aromatic N) is 2. The van der Waals surface area contributed by atoms with Gasteiger partial charge in [0.15, 0.2) is 0 Å². The minimum atomic E-state index is -0.143. The summed E-state index contributed by atoms with van der Waals surface area (Å²) in [6.45, 7) is 8.27. The molecule has 0 aliphatic carbocycles. The van der Waals surface area contributed by atoms with Crippen LogP contribution in [-0.4, -0.2) is 17.0 Å². The van der Waals surface area contributed by atoms with E-state index in [9.17, 15) is 0 Å². The molecule has 112 valence electrons. The van der Waals surface area contributed by atoms with Crippen LogP contribution in [0.1, 0.15) is 32.2 Å². The third-order valence-corrected chi connectivity index (χ3v) is 3.55. The van der Waals surface area contributed by atoms with Gasteiger partial charge in [-0.3, -0.25) is 0 Å². The Balaban J connectivity index is 2.39. The average Bonchev–Trinajstić information content (AvgIpc) is 2.40. The number of nitrogens with one attached hydrogen (secondary N) is 1. The lowest BCUT2D eigenvalue weighted by molar-refractivity contribution is 0.444. The van der Waals surface area contributed by atoms with Crippen molar-refractivity contribution < 1.29 is 4.74 Å². The second kappa shape index (κ2) is 6.02. The highest BCUT2D eigenvalue weighted by Gasteiger charge is 2.19. The summed E-state index contributed by atoms with van der Waals surface area (Å²) in [5, 5.41) is 3.05. The van der Waals surface area contributed by atoms with Crippen LogP contribution in [-0.2, 0) is 5.41 Å². The van der Waals surface area contributed by atoms with Crippen molar-refractivity contribution in [1.29, 1.82) is 0 Å². The molecule has 0 aliphatic rings. The van der Waals surface area contributed by atoms with E-state index in [2.05, 4.69) is 52.0 Å². The van der Waals surface area contributed by atoms with Crippen molar-refractivity contribution in [2.75, 3.05) is 12.4 Å². The molecule has 0 atom stereocenters. The van der Waals surface area contributed by atoms with Crippen molar-refractivity contribution in [2.24, 2.45) is 0 Å². The SMILES string of the molecule is CNc1cc(Oc2ccc(C)cc2Br)nc(C(C)(C)C)n1. The molecular formula is C16H20BrN3O. The van der Waals surface area contributed by atoms with Gasteiger partial charge in [0.2, 0.25) is 5.88 Å². The zero-order valence-corrected chi connectivity index (χ0v) is 14.6. The van der Waals surface area contributed by atoms with Gasteiger partial charge >= 0.3 is 0 Å². The number of benzene rings is 1. The Labute approximate surface area is 134 Å². The minimum Gasteiger partial charge on any atom is -0.438 e. The number of halogens is 1. The summed E-state index contributed by atoms with van der Waals surface area (Å²) in [5.41, 5.74) is 1.03. The minimum absolute atomic E-state index is 0.143. The molecule has 0 amide bonds. The second-order valence-electron chi connectivity index (χ2n) is 5.95. The molecule has 0 spiro atoms. The number of aromatic nitrogens is 2. The lowest BCUT2D eigenvalue weighted by Crippen LogP contribution is -2.17. The Morgan fingerprint density at radius 3 is 2.43 bits per heavy atom. The first-order valence-electron chi connectivity index (χ1n) is 6.81. The van der Waals surface area contributed by atoms with Gasteiger partial charge in [-0.1, -0.05) is 26.8 Å². The molecule has 5 heteroatoms. The van der Waals surface area contributed by atoms with Crippen LogP contribution in [0.5, 0.6) is 11.6 Å². The Morgan fingerprint density at radius 2 is 1.86 bits per heavy atom. The van der Waals surface area contributed by atoms with E-state index in [1.807, 2.05) is 32.2 Å². The summed E-state index contributed by atoms with van der Waals surface area (Å²) in [6.07, 6.45) is 0. The van der Waals surface area contributed by atoms with E-state index in [1.54, 1.807) is 6.07 Å². The molecule has 0 fully saturated rings. The van der Waals surface area contributed by atoms with Crippen molar-refractivity contribution in [2.45, 2.75) is 33.1 Å². The Morgan fingerprint density at radius 1 is 1.14 bits per heavy atom. The number of aryl methyl sites for hydroxylation is 1.